The van der Waals surface area contributed by atoms with E-state index in [2.05, 4.69) is 5.32 Å². The number of rotatable bonds is 6. The largest absolute Gasteiger partial charge is 0.497 e. The molecule has 1 amide bonds. The number of methoxy groups -OCH3 is 1. The number of carbonyl (C=O) groups is 1. The van der Waals surface area contributed by atoms with E-state index in [4.69, 9.17) is 21.1 Å². The highest BCUT2D eigenvalue weighted by atomic mass is 35.5. The summed E-state index contributed by atoms with van der Waals surface area (Å²) in [7, 11) is 1.57. The molecule has 0 radical (unpaired) electrons. The van der Waals surface area contributed by atoms with Gasteiger partial charge in [0, 0.05) is 10.6 Å². The maximum absolute atomic E-state index is 12.0. The predicted octanol–water partition coefficient (Wildman–Crippen LogP) is 3.47. The van der Waals surface area contributed by atoms with Gasteiger partial charge in [0.05, 0.1) is 13.7 Å². The third kappa shape index (κ3) is 4.40. The summed E-state index contributed by atoms with van der Waals surface area (Å²) in [6.45, 7) is 2.73. The van der Waals surface area contributed by atoms with Gasteiger partial charge in [0.25, 0.3) is 5.91 Å². The first-order valence-corrected chi connectivity index (χ1v) is 7.29. The van der Waals surface area contributed by atoms with E-state index in [0.29, 0.717) is 29.5 Å². The Labute approximate surface area is 135 Å². The quantitative estimate of drug-likeness (QED) is 0.829. The number of nitrogens with one attached hydrogen (secondary N) is 1. The van der Waals surface area contributed by atoms with Crippen molar-refractivity contribution in [2.75, 3.05) is 20.3 Å². The van der Waals surface area contributed by atoms with Crippen molar-refractivity contribution in [1.29, 1.82) is 0 Å². The Hall–Kier alpha value is -2.20. The van der Waals surface area contributed by atoms with Gasteiger partial charge in [-0.15, -0.1) is 0 Å². The summed E-state index contributed by atoms with van der Waals surface area (Å²) >= 11 is 5.89. The van der Waals surface area contributed by atoms with Gasteiger partial charge in [0.15, 0.2) is 0 Å². The summed E-state index contributed by atoms with van der Waals surface area (Å²) in [5.41, 5.74) is 1.52. The number of carbonyl (C=O) groups excluding carboxylic acids is 1. The van der Waals surface area contributed by atoms with E-state index in [1.54, 1.807) is 37.4 Å². The van der Waals surface area contributed by atoms with E-state index in [1.807, 2.05) is 19.1 Å². The first-order chi connectivity index (χ1) is 10.6. The van der Waals surface area contributed by atoms with Gasteiger partial charge in [0.2, 0.25) is 0 Å². The topological polar surface area (TPSA) is 47.6 Å². The van der Waals surface area contributed by atoms with E-state index in [1.165, 1.54) is 0 Å². The van der Waals surface area contributed by atoms with E-state index in [0.717, 1.165) is 11.3 Å². The summed E-state index contributed by atoms with van der Waals surface area (Å²) < 4.78 is 10.7. The molecule has 2 aromatic rings. The minimum atomic E-state index is -0.157. The standard InChI is InChI=1S/C17H18ClNO3/c1-12-10-14(18)6-7-16(12)22-9-8-19-17(20)13-4-3-5-15(11-13)21-2/h3-7,10-11H,8-9H2,1-2H3,(H,19,20). The third-order valence-electron chi connectivity index (χ3n) is 3.11. The molecule has 0 atom stereocenters. The van der Waals surface area contributed by atoms with Gasteiger partial charge in [-0.1, -0.05) is 17.7 Å². The molecule has 0 fully saturated rings. The van der Waals surface area contributed by atoms with Gasteiger partial charge in [-0.2, -0.15) is 0 Å². The van der Waals surface area contributed by atoms with Gasteiger partial charge in [0.1, 0.15) is 18.1 Å². The van der Waals surface area contributed by atoms with Crippen molar-refractivity contribution in [2.24, 2.45) is 0 Å². The lowest BCUT2D eigenvalue weighted by atomic mass is 10.2. The van der Waals surface area contributed by atoms with Crippen LogP contribution in [0.4, 0.5) is 0 Å². The van der Waals surface area contributed by atoms with Crippen molar-refractivity contribution in [3.05, 3.63) is 58.6 Å². The Morgan fingerprint density at radius 1 is 1.23 bits per heavy atom. The fraction of sp³-hybridized carbons (Fsp3) is 0.235. The molecule has 5 heteroatoms. The number of amides is 1. The van der Waals surface area contributed by atoms with Crippen LogP contribution in [0.25, 0.3) is 0 Å². The molecule has 0 aliphatic heterocycles. The zero-order valence-electron chi connectivity index (χ0n) is 12.6. The monoisotopic (exact) mass is 319 g/mol. The van der Waals surface area contributed by atoms with Crippen LogP contribution in [-0.4, -0.2) is 26.2 Å². The minimum Gasteiger partial charge on any atom is -0.497 e. The molecule has 0 saturated heterocycles. The number of hydrogen-bond acceptors (Lipinski definition) is 3. The number of ether oxygens (including phenoxy) is 2. The lowest BCUT2D eigenvalue weighted by Gasteiger charge is -2.10. The summed E-state index contributed by atoms with van der Waals surface area (Å²) in [6.07, 6.45) is 0. The molecule has 116 valence electrons. The molecule has 0 heterocycles. The molecule has 0 bridgehead atoms. The van der Waals surface area contributed by atoms with Crippen molar-refractivity contribution in [1.82, 2.24) is 5.32 Å². The number of hydrogen-bond donors (Lipinski definition) is 1. The smallest absolute Gasteiger partial charge is 0.251 e. The zero-order chi connectivity index (χ0) is 15.9. The molecule has 22 heavy (non-hydrogen) atoms. The average molecular weight is 320 g/mol. The fourth-order valence-corrected chi connectivity index (χ4v) is 2.19. The van der Waals surface area contributed by atoms with Crippen LogP contribution in [0.2, 0.25) is 5.02 Å². The molecule has 0 spiro atoms. The molecule has 1 N–H and O–H groups in total. The highest BCUT2D eigenvalue weighted by Crippen LogP contribution is 2.21. The Morgan fingerprint density at radius 2 is 2.05 bits per heavy atom. The molecular formula is C17H18ClNO3. The zero-order valence-corrected chi connectivity index (χ0v) is 13.3. The van der Waals surface area contributed by atoms with E-state index in [9.17, 15) is 4.79 Å². The van der Waals surface area contributed by atoms with E-state index in [-0.39, 0.29) is 5.91 Å². The lowest BCUT2D eigenvalue weighted by molar-refractivity contribution is 0.0946. The average Bonchev–Trinajstić information content (AvgIpc) is 2.53. The number of halogens is 1. The van der Waals surface area contributed by atoms with Crippen molar-refractivity contribution in [3.8, 4) is 11.5 Å². The molecule has 4 nitrogen and oxygen atoms in total. The van der Waals surface area contributed by atoms with Crippen molar-refractivity contribution < 1.29 is 14.3 Å². The second-order valence-electron chi connectivity index (χ2n) is 4.75. The van der Waals surface area contributed by atoms with Crippen LogP contribution in [0.1, 0.15) is 15.9 Å². The molecule has 0 aliphatic carbocycles. The Balaban J connectivity index is 1.82. The molecule has 2 rings (SSSR count). The Bertz CT molecular complexity index is 658. The summed E-state index contributed by atoms with van der Waals surface area (Å²) in [5.74, 6) is 1.26. The molecule has 0 aromatic heterocycles. The summed E-state index contributed by atoms with van der Waals surface area (Å²) in [5, 5.41) is 3.48. The van der Waals surface area contributed by atoms with Crippen LogP contribution < -0.4 is 14.8 Å². The van der Waals surface area contributed by atoms with Gasteiger partial charge >= 0.3 is 0 Å². The summed E-state index contributed by atoms with van der Waals surface area (Å²) in [6, 6.07) is 12.4. The van der Waals surface area contributed by atoms with Crippen LogP contribution in [0.15, 0.2) is 42.5 Å². The molecule has 2 aromatic carbocycles. The third-order valence-corrected chi connectivity index (χ3v) is 3.35. The van der Waals surface area contributed by atoms with Gasteiger partial charge < -0.3 is 14.8 Å². The number of benzene rings is 2. The van der Waals surface area contributed by atoms with Crippen molar-refractivity contribution >= 4 is 17.5 Å². The van der Waals surface area contributed by atoms with Gasteiger partial charge in [-0.05, 0) is 48.9 Å². The molecule has 0 unspecified atom stereocenters. The number of aryl methyl sites for hydroxylation is 1. The maximum Gasteiger partial charge on any atom is 0.251 e. The van der Waals surface area contributed by atoms with E-state index >= 15 is 0 Å². The maximum atomic E-state index is 12.0. The first-order valence-electron chi connectivity index (χ1n) is 6.91. The second-order valence-corrected chi connectivity index (χ2v) is 5.18. The second kappa shape index (κ2) is 7.71. The highest BCUT2D eigenvalue weighted by molar-refractivity contribution is 6.30. The van der Waals surface area contributed by atoms with Gasteiger partial charge in [-0.3, -0.25) is 4.79 Å². The SMILES string of the molecule is COc1cccc(C(=O)NCCOc2ccc(Cl)cc2C)c1. The fourth-order valence-electron chi connectivity index (χ4n) is 1.97. The predicted molar refractivity (Wildman–Crippen MR) is 87.0 cm³/mol. The van der Waals surface area contributed by atoms with E-state index < -0.39 is 0 Å². The van der Waals surface area contributed by atoms with Crippen molar-refractivity contribution in [3.63, 3.8) is 0 Å². The molecular weight excluding hydrogens is 302 g/mol. The van der Waals surface area contributed by atoms with Crippen LogP contribution in [0.5, 0.6) is 11.5 Å². The Kier molecular flexibility index (Phi) is 5.67. The Morgan fingerprint density at radius 3 is 2.77 bits per heavy atom. The van der Waals surface area contributed by atoms with Crippen LogP contribution in [-0.2, 0) is 0 Å². The molecule has 0 aliphatic rings. The van der Waals surface area contributed by atoms with Gasteiger partial charge in [-0.25, -0.2) is 0 Å². The lowest BCUT2D eigenvalue weighted by Crippen LogP contribution is -2.28. The van der Waals surface area contributed by atoms with Crippen LogP contribution in [0.3, 0.4) is 0 Å². The highest BCUT2D eigenvalue weighted by Gasteiger charge is 2.06. The van der Waals surface area contributed by atoms with Crippen LogP contribution >= 0.6 is 11.6 Å². The molecule has 0 saturated carbocycles. The normalized spacial score (nSPS) is 10.1. The minimum absolute atomic E-state index is 0.157. The van der Waals surface area contributed by atoms with Crippen molar-refractivity contribution in [2.45, 2.75) is 6.92 Å². The summed E-state index contributed by atoms with van der Waals surface area (Å²) in [4.78, 5) is 12.0. The van der Waals surface area contributed by atoms with Crippen LogP contribution in [0, 0.1) is 6.92 Å². The first kappa shape index (κ1) is 16.2.